The predicted octanol–water partition coefficient (Wildman–Crippen LogP) is 1.46. The van der Waals surface area contributed by atoms with Crippen molar-refractivity contribution >= 4 is 0 Å². The van der Waals surface area contributed by atoms with Gasteiger partial charge in [0.1, 0.15) is 0 Å². The number of piperidine rings is 1. The molecule has 0 radical (unpaired) electrons. The Hall–Kier alpha value is -0.950. The predicted molar refractivity (Wildman–Crippen MR) is 91.9 cm³/mol. The molecule has 136 valence electrons. The molecular formula is C18H31N3O3. The number of ether oxygens (including phenoxy) is 2. The summed E-state index contributed by atoms with van der Waals surface area (Å²) in [5.41, 5.74) is 1.22. The van der Waals surface area contributed by atoms with E-state index >= 15 is 0 Å². The maximum atomic E-state index is 10.2. The van der Waals surface area contributed by atoms with E-state index in [1.807, 2.05) is 6.20 Å². The van der Waals surface area contributed by atoms with Gasteiger partial charge in [-0.3, -0.25) is 4.68 Å². The highest BCUT2D eigenvalue weighted by Crippen LogP contribution is 2.19. The Kier molecular flexibility index (Phi) is 6.66. The molecule has 0 spiro atoms. The van der Waals surface area contributed by atoms with E-state index in [1.54, 1.807) is 0 Å². The topological polar surface area (TPSA) is 59.8 Å². The minimum atomic E-state index is -0.406. The van der Waals surface area contributed by atoms with Crippen LogP contribution in [0.3, 0.4) is 0 Å². The zero-order chi connectivity index (χ0) is 16.8. The first kappa shape index (κ1) is 17.9. The van der Waals surface area contributed by atoms with E-state index in [-0.39, 0.29) is 6.10 Å². The van der Waals surface area contributed by atoms with Gasteiger partial charge in [-0.05, 0) is 57.2 Å². The lowest BCUT2D eigenvalue weighted by molar-refractivity contribution is -0.0276. The molecule has 1 N–H and O–H groups in total. The summed E-state index contributed by atoms with van der Waals surface area (Å²) < 4.78 is 13.2. The first-order valence-electron chi connectivity index (χ1n) is 9.28. The van der Waals surface area contributed by atoms with Gasteiger partial charge < -0.3 is 19.5 Å². The number of aryl methyl sites for hydroxylation is 1. The number of rotatable bonds is 8. The number of β-amino-alcohol motifs (C(OH)–C–C–N with tert-alkyl or cyclic N) is 1. The molecule has 3 rings (SSSR count). The van der Waals surface area contributed by atoms with Gasteiger partial charge in [0.05, 0.1) is 31.6 Å². The second-order valence-electron chi connectivity index (χ2n) is 7.31. The van der Waals surface area contributed by atoms with E-state index in [0.29, 0.717) is 25.7 Å². The highest BCUT2D eigenvalue weighted by molar-refractivity contribution is 4.99. The third-order valence-electron chi connectivity index (χ3n) is 5.02. The first-order chi connectivity index (χ1) is 11.7. The maximum absolute atomic E-state index is 10.2. The smallest absolute Gasteiger partial charge is 0.0900 e. The lowest BCUT2D eigenvalue weighted by atomic mass is 9.96. The number of hydrogen-bond donors (Lipinski definition) is 1. The SMILES string of the molecule is Cc1cnn(CC2CCN(C[C@H](O)COC[C@@H]3CCCO3)CC2)c1. The lowest BCUT2D eigenvalue weighted by Crippen LogP contribution is -2.41. The summed E-state index contributed by atoms with van der Waals surface area (Å²) in [6, 6.07) is 0. The quantitative estimate of drug-likeness (QED) is 0.778. The van der Waals surface area contributed by atoms with Crippen LogP contribution in [0.5, 0.6) is 0 Å². The summed E-state index contributed by atoms with van der Waals surface area (Å²) in [7, 11) is 0. The van der Waals surface area contributed by atoms with E-state index in [2.05, 4.69) is 27.8 Å². The normalized spacial score (nSPS) is 24.5. The number of hydrogen-bond acceptors (Lipinski definition) is 5. The van der Waals surface area contributed by atoms with Crippen molar-refractivity contribution in [2.75, 3.05) is 39.5 Å². The van der Waals surface area contributed by atoms with Gasteiger partial charge >= 0.3 is 0 Å². The van der Waals surface area contributed by atoms with E-state index in [0.717, 1.165) is 39.1 Å². The van der Waals surface area contributed by atoms with Gasteiger partial charge in [-0.15, -0.1) is 0 Å². The van der Waals surface area contributed by atoms with Gasteiger partial charge in [0.15, 0.2) is 0 Å². The van der Waals surface area contributed by atoms with Crippen molar-refractivity contribution in [1.29, 1.82) is 0 Å². The number of nitrogens with zero attached hydrogens (tertiary/aromatic N) is 3. The number of aromatic nitrogens is 2. The minimum Gasteiger partial charge on any atom is -0.389 e. The summed E-state index contributed by atoms with van der Waals surface area (Å²) in [6.07, 6.45) is 8.41. The van der Waals surface area contributed by atoms with Gasteiger partial charge in [0.25, 0.3) is 0 Å². The molecular weight excluding hydrogens is 306 g/mol. The van der Waals surface area contributed by atoms with Crippen molar-refractivity contribution in [2.45, 2.75) is 51.4 Å². The lowest BCUT2D eigenvalue weighted by Gasteiger charge is -2.33. The second-order valence-corrected chi connectivity index (χ2v) is 7.31. The Balaban J connectivity index is 1.28. The zero-order valence-electron chi connectivity index (χ0n) is 14.8. The summed E-state index contributed by atoms with van der Waals surface area (Å²) in [6.45, 7) is 7.77. The molecule has 2 atom stereocenters. The summed E-state index contributed by atoms with van der Waals surface area (Å²) in [5, 5.41) is 14.5. The van der Waals surface area contributed by atoms with Crippen molar-refractivity contribution in [3.05, 3.63) is 18.0 Å². The van der Waals surface area contributed by atoms with E-state index in [4.69, 9.17) is 9.47 Å². The van der Waals surface area contributed by atoms with Crippen molar-refractivity contribution in [2.24, 2.45) is 5.92 Å². The fourth-order valence-corrected chi connectivity index (χ4v) is 3.64. The molecule has 2 aliphatic rings. The van der Waals surface area contributed by atoms with Gasteiger partial charge in [-0.25, -0.2) is 0 Å². The molecule has 2 aliphatic heterocycles. The third kappa shape index (κ3) is 5.55. The molecule has 6 heteroatoms. The average Bonchev–Trinajstić information content (AvgIpc) is 3.21. The molecule has 0 amide bonds. The highest BCUT2D eigenvalue weighted by atomic mass is 16.5. The summed E-state index contributed by atoms with van der Waals surface area (Å²) in [4.78, 5) is 2.35. The molecule has 0 unspecified atom stereocenters. The van der Waals surface area contributed by atoms with Crippen LogP contribution in [0.25, 0.3) is 0 Å². The number of aliphatic hydroxyl groups is 1. The number of likely N-dealkylation sites (tertiary alicyclic amines) is 1. The van der Waals surface area contributed by atoms with Gasteiger partial charge in [-0.1, -0.05) is 0 Å². The number of aliphatic hydroxyl groups excluding tert-OH is 1. The molecule has 3 heterocycles. The van der Waals surface area contributed by atoms with Gasteiger partial charge in [0, 0.05) is 25.9 Å². The van der Waals surface area contributed by atoms with Crippen molar-refractivity contribution in [3.8, 4) is 0 Å². The van der Waals surface area contributed by atoms with Crippen LogP contribution in [-0.4, -0.2) is 71.4 Å². The van der Waals surface area contributed by atoms with Crippen molar-refractivity contribution < 1.29 is 14.6 Å². The van der Waals surface area contributed by atoms with Crippen LogP contribution < -0.4 is 0 Å². The molecule has 0 aliphatic carbocycles. The molecule has 1 aromatic rings. The molecule has 1 aromatic heterocycles. The highest BCUT2D eigenvalue weighted by Gasteiger charge is 2.22. The average molecular weight is 337 g/mol. The molecule has 0 aromatic carbocycles. The zero-order valence-corrected chi connectivity index (χ0v) is 14.8. The van der Waals surface area contributed by atoms with E-state index in [9.17, 15) is 5.11 Å². The van der Waals surface area contributed by atoms with Crippen LogP contribution in [0, 0.1) is 12.8 Å². The monoisotopic (exact) mass is 337 g/mol. The minimum absolute atomic E-state index is 0.235. The van der Waals surface area contributed by atoms with Crippen LogP contribution >= 0.6 is 0 Å². The van der Waals surface area contributed by atoms with Crippen LogP contribution in [0.1, 0.15) is 31.2 Å². The maximum Gasteiger partial charge on any atom is 0.0900 e. The molecule has 24 heavy (non-hydrogen) atoms. The Morgan fingerprint density at radius 3 is 2.88 bits per heavy atom. The molecule has 0 bridgehead atoms. The Labute approximate surface area is 144 Å². The van der Waals surface area contributed by atoms with Crippen LogP contribution in [0.4, 0.5) is 0 Å². The Morgan fingerprint density at radius 1 is 1.38 bits per heavy atom. The standard InChI is InChI=1S/C18H31N3O3/c1-15-9-19-21(10-15)11-16-4-6-20(7-5-16)12-17(22)13-23-14-18-3-2-8-24-18/h9-10,16-18,22H,2-8,11-14H2,1H3/t17-,18-/m0/s1. The Bertz CT molecular complexity index is 480. The van der Waals surface area contributed by atoms with E-state index in [1.165, 1.54) is 18.4 Å². The van der Waals surface area contributed by atoms with Crippen LogP contribution in [0.2, 0.25) is 0 Å². The largest absolute Gasteiger partial charge is 0.389 e. The van der Waals surface area contributed by atoms with Crippen LogP contribution in [0.15, 0.2) is 12.4 Å². The summed E-state index contributed by atoms with van der Waals surface area (Å²) >= 11 is 0. The molecule has 6 nitrogen and oxygen atoms in total. The van der Waals surface area contributed by atoms with Gasteiger partial charge in [-0.2, -0.15) is 5.10 Å². The molecule has 2 saturated heterocycles. The first-order valence-corrected chi connectivity index (χ1v) is 9.28. The second kappa shape index (κ2) is 8.94. The fourth-order valence-electron chi connectivity index (χ4n) is 3.64. The Morgan fingerprint density at radius 2 is 2.21 bits per heavy atom. The van der Waals surface area contributed by atoms with Crippen LogP contribution in [-0.2, 0) is 16.0 Å². The van der Waals surface area contributed by atoms with Crippen molar-refractivity contribution in [3.63, 3.8) is 0 Å². The molecule has 2 fully saturated rings. The summed E-state index contributed by atoms with van der Waals surface area (Å²) in [5.74, 6) is 0.688. The van der Waals surface area contributed by atoms with E-state index < -0.39 is 6.10 Å². The fraction of sp³-hybridized carbons (Fsp3) is 0.833. The molecule has 0 saturated carbocycles. The van der Waals surface area contributed by atoms with Crippen molar-refractivity contribution in [1.82, 2.24) is 14.7 Å². The third-order valence-corrected chi connectivity index (χ3v) is 5.02. The van der Waals surface area contributed by atoms with Gasteiger partial charge in [0.2, 0.25) is 0 Å².